The number of nitrogens with two attached hydrogens (primary N) is 1. The molecule has 13 heteroatoms. The molecule has 0 spiro atoms. The number of rotatable bonds is 5. The van der Waals surface area contributed by atoms with Gasteiger partial charge < -0.3 is 29.7 Å². The molecule has 6 rings (SSSR count). The van der Waals surface area contributed by atoms with Crippen LogP contribution in [0.5, 0.6) is 0 Å². The van der Waals surface area contributed by atoms with Crippen molar-refractivity contribution in [1.82, 2.24) is 24.9 Å². The lowest BCUT2D eigenvalue weighted by molar-refractivity contribution is 0.0240. The third-order valence-electron chi connectivity index (χ3n) is 9.64. The van der Waals surface area contributed by atoms with Gasteiger partial charge in [-0.25, -0.2) is 9.78 Å². The molecule has 2 fully saturated rings. The van der Waals surface area contributed by atoms with E-state index in [9.17, 15) is 10.1 Å². The number of piperazine rings is 2. The lowest BCUT2D eigenvalue weighted by atomic mass is 9.72. The van der Waals surface area contributed by atoms with Crippen molar-refractivity contribution in [3.05, 3.63) is 34.0 Å². The van der Waals surface area contributed by atoms with Crippen LogP contribution in [0, 0.1) is 11.3 Å². The number of fused-ring (bicyclic) bond motifs is 1. The van der Waals surface area contributed by atoms with Crippen LogP contribution in [0.3, 0.4) is 0 Å². The number of aryl methyl sites for hydroxylation is 1. The summed E-state index contributed by atoms with van der Waals surface area (Å²) in [5.74, 6) is 1.76. The Morgan fingerprint density at radius 1 is 1.15 bits per heavy atom. The zero-order valence-corrected chi connectivity index (χ0v) is 29.5. The Bertz CT molecular complexity index is 1660. The monoisotopic (exact) mass is 661 g/mol. The molecule has 12 nitrogen and oxygen atoms in total. The number of amides is 1. The first kappa shape index (κ1) is 33.0. The van der Waals surface area contributed by atoms with Crippen LogP contribution < -0.4 is 15.5 Å². The van der Waals surface area contributed by atoms with E-state index in [2.05, 4.69) is 59.7 Å². The number of hydrogen-bond donors (Lipinski definition) is 1. The first-order valence-electron chi connectivity index (χ1n) is 16.7. The van der Waals surface area contributed by atoms with E-state index < -0.39 is 11.0 Å². The third kappa shape index (κ3) is 6.50. The molecule has 2 atom stereocenters. The second-order valence-corrected chi connectivity index (χ2v) is 15.6. The molecule has 3 aromatic heterocycles. The fourth-order valence-corrected chi connectivity index (χ4v) is 8.43. The molecule has 2 N–H and O–H groups in total. The first-order chi connectivity index (χ1) is 22.3. The first-order valence-corrected chi connectivity index (χ1v) is 17.5. The van der Waals surface area contributed by atoms with Crippen LogP contribution in [0.25, 0.3) is 11.5 Å². The van der Waals surface area contributed by atoms with Crippen LogP contribution in [0.1, 0.15) is 83.2 Å². The molecule has 0 saturated carbocycles. The number of anilines is 3. The fourth-order valence-electron chi connectivity index (χ4n) is 7.24. The zero-order chi connectivity index (χ0) is 33.7. The van der Waals surface area contributed by atoms with Gasteiger partial charge in [-0.3, -0.25) is 4.90 Å². The zero-order valence-electron chi connectivity index (χ0n) is 28.7. The maximum Gasteiger partial charge on any atom is 0.410 e. The highest BCUT2D eigenvalue weighted by Gasteiger charge is 2.43. The van der Waals surface area contributed by atoms with Crippen LogP contribution in [-0.4, -0.2) is 94.5 Å². The number of aromatic nitrogens is 3. The summed E-state index contributed by atoms with van der Waals surface area (Å²) in [5, 5.41) is 15.0. The minimum atomic E-state index is -0.612. The van der Waals surface area contributed by atoms with Crippen LogP contribution >= 0.6 is 11.3 Å². The van der Waals surface area contributed by atoms with Gasteiger partial charge in [-0.2, -0.15) is 10.2 Å². The van der Waals surface area contributed by atoms with Gasteiger partial charge in [0.15, 0.2) is 0 Å². The molecule has 0 radical (unpaired) electrons. The molecule has 3 aliphatic rings. The van der Waals surface area contributed by atoms with Gasteiger partial charge in [0, 0.05) is 80.1 Å². The van der Waals surface area contributed by atoms with Crippen molar-refractivity contribution in [3.8, 4) is 17.6 Å². The molecular weight excluding hydrogens is 615 g/mol. The van der Waals surface area contributed by atoms with Gasteiger partial charge >= 0.3 is 6.09 Å². The lowest BCUT2D eigenvalue weighted by Gasteiger charge is -2.43. The summed E-state index contributed by atoms with van der Waals surface area (Å²) in [4.78, 5) is 32.9. The van der Waals surface area contributed by atoms with Crippen molar-refractivity contribution >= 4 is 33.9 Å². The molecule has 252 valence electrons. The maximum atomic E-state index is 12.8. The highest BCUT2D eigenvalue weighted by molar-refractivity contribution is 7.16. The number of thiophene rings is 1. The van der Waals surface area contributed by atoms with E-state index in [1.165, 1.54) is 11.3 Å². The van der Waals surface area contributed by atoms with Crippen molar-refractivity contribution in [2.75, 3.05) is 61.3 Å². The predicted octanol–water partition coefficient (Wildman–Crippen LogP) is 5.27. The highest BCUT2D eigenvalue weighted by Crippen LogP contribution is 2.48. The normalized spacial score (nSPS) is 22.4. The summed E-state index contributed by atoms with van der Waals surface area (Å²) >= 11 is 1.49. The van der Waals surface area contributed by atoms with Gasteiger partial charge in [0.25, 0.3) is 0 Å². The molecule has 5 heterocycles. The average Bonchev–Trinajstić information content (AvgIpc) is 3.65. The lowest BCUT2D eigenvalue weighted by Crippen LogP contribution is -2.54. The number of pyridine rings is 1. The molecule has 2 saturated heterocycles. The van der Waals surface area contributed by atoms with Crippen molar-refractivity contribution in [1.29, 1.82) is 5.26 Å². The summed E-state index contributed by atoms with van der Waals surface area (Å²) in [6, 6.07) is 7.34. The van der Waals surface area contributed by atoms with E-state index in [1.807, 2.05) is 26.8 Å². The van der Waals surface area contributed by atoms with Gasteiger partial charge in [-0.1, -0.05) is 5.16 Å². The number of hydrogen-bond acceptors (Lipinski definition) is 12. The molecular formula is C34H47N9O3S. The standard InChI is InChI=1S/C34H47N9O3S/c1-21(2)43-16-15-42(20-22(43)3)27-18-23(40-11-13-41(14-12-40)32(44)45-33(4,5)6)17-25(37-27)30-38-31(46-39-30)34(7)10-8-9-26-28(34)24(19-35)29(36)47-26/h17-18,21-22H,8-16,20,36H2,1-7H3. The quantitative estimate of drug-likeness (QED) is 0.383. The summed E-state index contributed by atoms with van der Waals surface area (Å²) in [6.45, 7) is 19.6. The molecule has 3 aromatic rings. The van der Waals surface area contributed by atoms with Gasteiger partial charge in [-0.05, 0) is 73.8 Å². The molecule has 2 unspecified atom stereocenters. The van der Waals surface area contributed by atoms with Crippen LogP contribution in [-0.2, 0) is 16.6 Å². The van der Waals surface area contributed by atoms with Crippen molar-refractivity contribution in [3.63, 3.8) is 0 Å². The smallest absolute Gasteiger partial charge is 0.410 e. The Morgan fingerprint density at radius 3 is 2.53 bits per heavy atom. The van der Waals surface area contributed by atoms with Crippen molar-refractivity contribution in [2.24, 2.45) is 0 Å². The average molecular weight is 662 g/mol. The van der Waals surface area contributed by atoms with Gasteiger partial charge in [-0.15, -0.1) is 11.3 Å². The van der Waals surface area contributed by atoms with E-state index in [-0.39, 0.29) is 6.09 Å². The van der Waals surface area contributed by atoms with Gasteiger partial charge in [0.05, 0.1) is 11.0 Å². The summed E-state index contributed by atoms with van der Waals surface area (Å²) in [5.41, 5.74) is 8.20. The number of nitrogen functional groups attached to an aromatic ring is 1. The van der Waals surface area contributed by atoms with E-state index in [0.29, 0.717) is 66.2 Å². The number of nitriles is 1. The predicted molar refractivity (Wildman–Crippen MR) is 184 cm³/mol. The number of carbonyl (C=O) groups is 1. The van der Waals surface area contributed by atoms with Gasteiger partial charge in [0.2, 0.25) is 11.7 Å². The molecule has 2 aliphatic heterocycles. The summed E-state index contributed by atoms with van der Waals surface area (Å²) < 4.78 is 11.6. The molecule has 47 heavy (non-hydrogen) atoms. The topological polar surface area (TPSA) is 141 Å². The number of nitrogens with zero attached hydrogens (tertiary/aromatic N) is 8. The second kappa shape index (κ2) is 12.6. The van der Waals surface area contributed by atoms with E-state index in [0.717, 1.165) is 60.8 Å². The van der Waals surface area contributed by atoms with Crippen molar-refractivity contribution in [2.45, 2.75) is 90.8 Å². The molecule has 1 aliphatic carbocycles. The molecule has 0 aromatic carbocycles. The van der Waals surface area contributed by atoms with Crippen LogP contribution in [0.15, 0.2) is 16.7 Å². The van der Waals surface area contributed by atoms with E-state index >= 15 is 0 Å². The Kier molecular flexibility index (Phi) is 8.86. The fraction of sp³-hybridized carbons (Fsp3) is 0.618. The van der Waals surface area contributed by atoms with Crippen molar-refractivity contribution < 1.29 is 14.1 Å². The Balaban J connectivity index is 1.32. The Labute approximate surface area is 281 Å². The van der Waals surface area contributed by atoms with Gasteiger partial charge in [0.1, 0.15) is 28.2 Å². The minimum Gasteiger partial charge on any atom is -0.444 e. The maximum absolute atomic E-state index is 12.8. The number of ether oxygens (including phenoxy) is 1. The largest absolute Gasteiger partial charge is 0.444 e. The van der Waals surface area contributed by atoms with Crippen LogP contribution in [0.4, 0.5) is 21.3 Å². The number of carbonyl (C=O) groups excluding carboxylic acids is 1. The van der Waals surface area contributed by atoms with E-state index in [1.54, 1.807) is 4.90 Å². The molecule has 1 amide bonds. The molecule has 0 bridgehead atoms. The van der Waals surface area contributed by atoms with E-state index in [4.69, 9.17) is 25.0 Å². The third-order valence-corrected chi connectivity index (χ3v) is 10.7. The van der Waals surface area contributed by atoms with Crippen LogP contribution in [0.2, 0.25) is 0 Å². The summed E-state index contributed by atoms with van der Waals surface area (Å²) in [6.07, 6.45) is 2.33. The highest BCUT2D eigenvalue weighted by atomic mass is 32.1. The summed E-state index contributed by atoms with van der Waals surface area (Å²) in [7, 11) is 0. The Hall–Kier alpha value is -3.89. The minimum absolute atomic E-state index is 0.282. The Morgan fingerprint density at radius 2 is 1.87 bits per heavy atom. The SMILES string of the molecule is CC(C)N1CCN(c2cc(N3CCN(C(=O)OC(C)(C)C)CC3)cc(-c3noc(C4(C)CCCc5sc(N)c(C#N)c54)n3)n2)CC1C. The second-order valence-electron chi connectivity index (χ2n) is 14.5.